The van der Waals surface area contributed by atoms with Gasteiger partial charge in [0.15, 0.2) is 0 Å². The summed E-state index contributed by atoms with van der Waals surface area (Å²) in [6, 6.07) is 7.30. The minimum atomic E-state index is -0.723. The topological polar surface area (TPSA) is 99.1 Å². The van der Waals surface area contributed by atoms with Crippen LogP contribution in [0, 0.1) is 24.0 Å². The van der Waals surface area contributed by atoms with Gasteiger partial charge in [0.05, 0.1) is 10.5 Å². The van der Waals surface area contributed by atoms with Gasteiger partial charge in [-0.2, -0.15) is 0 Å². The predicted octanol–water partition coefficient (Wildman–Crippen LogP) is 3.00. The van der Waals surface area contributed by atoms with Crippen LogP contribution < -0.4 is 5.73 Å². The molecule has 0 aliphatic rings. The van der Waals surface area contributed by atoms with Gasteiger partial charge in [-0.25, -0.2) is 4.98 Å². The van der Waals surface area contributed by atoms with E-state index in [1.165, 1.54) is 17.8 Å². The molecule has 1 amide bonds. The number of pyridine rings is 1. The highest BCUT2D eigenvalue weighted by Gasteiger charge is 2.16. The molecule has 2 N–H and O–H groups in total. The minimum Gasteiger partial charge on any atom is -0.366 e. The second-order valence-corrected chi connectivity index (χ2v) is 5.85. The Labute approximate surface area is 131 Å². The number of hydrogen-bond acceptors (Lipinski definition) is 5. The van der Waals surface area contributed by atoms with Gasteiger partial charge in [-0.15, -0.1) is 11.8 Å². The number of benzene rings is 1. The van der Waals surface area contributed by atoms with Gasteiger partial charge in [0, 0.05) is 11.8 Å². The lowest BCUT2D eigenvalue weighted by Gasteiger charge is -2.08. The van der Waals surface area contributed by atoms with E-state index in [9.17, 15) is 14.9 Å². The predicted molar refractivity (Wildman–Crippen MR) is 84.9 cm³/mol. The summed E-state index contributed by atoms with van der Waals surface area (Å²) >= 11 is 1.34. The molecule has 7 heteroatoms. The van der Waals surface area contributed by atoms with Gasteiger partial charge >= 0.3 is 0 Å². The molecule has 0 saturated heterocycles. The highest BCUT2D eigenvalue weighted by Crippen LogP contribution is 2.28. The lowest BCUT2D eigenvalue weighted by atomic mass is 10.1. The molecule has 1 heterocycles. The second-order valence-electron chi connectivity index (χ2n) is 4.89. The Bertz CT molecular complexity index is 747. The number of carbonyl (C=O) groups is 1. The summed E-state index contributed by atoms with van der Waals surface area (Å²) in [5.41, 5.74) is 8.53. The first kappa shape index (κ1) is 16.0. The average molecular weight is 317 g/mol. The fraction of sp³-hybridized carbons (Fsp3) is 0.200. The van der Waals surface area contributed by atoms with Crippen LogP contribution in [0.3, 0.4) is 0 Å². The number of rotatable bonds is 5. The van der Waals surface area contributed by atoms with Crippen molar-refractivity contribution < 1.29 is 9.72 Å². The van der Waals surface area contributed by atoms with Crippen LogP contribution in [0.2, 0.25) is 0 Å². The third-order valence-electron chi connectivity index (χ3n) is 3.18. The van der Waals surface area contributed by atoms with E-state index in [4.69, 9.17) is 5.73 Å². The standard InChI is InChI=1S/C15H15N3O3S/c1-9-3-4-10(2)11(5-9)8-22-15-13(14(16)19)6-12(7-17-15)18(20)21/h3-7H,8H2,1-2H3,(H2,16,19). The largest absolute Gasteiger partial charge is 0.366 e. The molecule has 0 spiro atoms. The van der Waals surface area contributed by atoms with Gasteiger partial charge in [-0.05, 0) is 25.0 Å². The SMILES string of the molecule is Cc1ccc(C)c(CSc2ncc([N+](=O)[O-])cc2C(N)=O)c1. The molecule has 22 heavy (non-hydrogen) atoms. The summed E-state index contributed by atoms with van der Waals surface area (Å²) < 4.78 is 0. The van der Waals surface area contributed by atoms with Crippen molar-refractivity contribution in [2.45, 2.75) is 24.6 Å². The molecule has 2 rings (SSSR count). The summed E-state index contributed by atoms with van der Waals surface area (Å²) in [6.45, 7) is 4.01. The molecule has 0 atom stereocenters. The molecule has 0 saturated carbocycles. The highest BCUT2D eigenvalue weighted by atomic mass is 32.2. The third kappa shape index (κ3) is 3.62. The van der Waals surface area contributed by atoms with E-state index in [0.717, 1.165) is 22.9 Å². The van der Waals surface area contributed by atoms with Gasteiger partial charge in [0.1, 0.15) is 11.2 Å². The van der Waals surface area contributed by atoms with Crippen molar-refractivity contribution in [2.75, 3.05) is 0 Å². The first-order valence-electron chi connectivity index (χ1n) is 6.51. The number of nitrogens with zero attached hydrogens (tertiary/aromatic N) is 2. The molecular weight excluding hydrogens is 302 g/mol. The quantitative estimate of drug-likeness (QED) is 0.519. The van der Waals surface area contributed by atoms with Crippen LogP contribution in [0.5, 0.6) is 0 Å². The van der Waals surface area contributed by atoms with Crippen LogP contribution in [0.1, 0.15) is 27.0 Å². The first-order chi connectivity index (χ1) is 10.4. The van der Waals surface area contributed by atoms with E-state index >= 15 is 0 Å². The summed E-state index contributed by atoms with van der Waals surface area (Å²) in [5.74, 6) is -0.113. The summed E-state index contributed by atoms with van der Waals surface area (Å²) in [4.78, 5) is 25.6. The number of thioether (sulfide) groups is 1. The fourth-order valence-corrected chi connectivity index (χ4v) is 2.98. The van der Waals surface area contributed by atoms with Gasteiger partial charge < -0.3 is 5.73 Å². The van der Waals surface area contributed by atoms with E-state index in [1.807, 2.05) is 26.0 Å². The van der Waals surface area contributed by atoms with Crippen molar-refractivity contribution in [1.29, 1.82) is 0 Å². The Morgan fingerprint density at radius 2 is 2.09 bits per heavy atom. The van der Waals surface area contributed by atoms with Crippen molar-refractivity contribution in [3.63, 3.8) is 0 Å². The maximum absolute atomic E-state index is 11.5. The molecule has 2 aromatic rings. The number of carbonyl (C=O) groups excluding carboxylic acids is 1. The van der Waals surface area contributed by atoms with E-state index in [-0.39, 0.29) is 11.3 Å². The molecule has 1 aromatic heterocycles. The van der Waals surface area contributed by atoms with Crippen LogP contribution >= 0.6 is 11.8 Å². The maximum atomic E-state index is 11.5. The molecule has 1 aromatic carbocycles. The summed E-state index contributed by atoms with van der Waals surface area (Å²) in [5, 5.41) is 11.2. The van der Waals surface area contributed by atoms with Crippen LogP contribution in [0.15, 0.2) is 35.5 Å². The zero-order valence-corrected chi connectivity index (χ0v) is 13.0. The second kappa shape index (κ2) is 6.57. The number of primary amides is 1. The Kier molecular flexibility index (Phi) is 4.77. The Morgan fingerprint density at radius 3 is 2.73 bits per heavy atom. The third-order valence-corrected chi connectivity index (χ3v) is 4.24. The molecule has 114 valence electrons. The van der Waals surface area contributed by atoms with Gasteiger partial charge in [0.25, 0.3) is 11.6 Å². The number of hydrogen-bond donors (Lipinski definition) is 1. The summed E-state index contributed by atoms with van der Waals surface area (Å²) in [7, 11) is 0. The molecule has 0 radical (unpaired) electrons. The number of nitro groups is 1. The van der Waals surface area contributed by atoms with E-state index in [0.29, 0.717) is 10.8 Å². The number of aromatic nitrogens is 1. The molecular formula is C15H15N3O3S. The number of aryl methyl sites for hydroxylation is 2. The van der Waals surface area contributed by atoms with E-state index in [2.05, 4.69) is 11.1 Å². The number of nitrogens with two attached hydrogens (primary N) is 1. The molecule has 0 fully saturated rings. The van der Waals surface area contributed by atoms with Crippen molar-refractivity contribution in [3.05, 3.63) is 62.8 Å². The maximum Gasteiger partial charge on any atom is 0.288 e. The van der Waals surface area contributed by atoms with E-state index < -0.39 is 10.8 Å². The highest BCUT2D eigenvalue weighted by molar-refractivity contribution is 7.98. The fourth-order valence-electron chi connectivity index (χ4n) is 1.93. The van der Waals surface area contributed by atoms with Gasteiger partial charge in [-0.3, -0.25) is 14.9 Å². The monoisotopic (exact) mass is 317 g/mol. The molecule has 6 nitrogen and oxygen atoms in total. The first-order valence-corrected chi connectivity index (χ1v) is 7.50. The lowest BCUT2D eigenvalue weighted by molar-refractivity contribution is -0.385. The minimum absolute atomic E-state index is 0.0736. The van der Waals surface area contributed by atoms with Crippen molar-refractivity contribution >= 4 is 23.4 Å². The van der Waals surface area contributed by atoms with Crippen LogP contribution in [-0.2, 0) is 5.75 Å². The van der Waals surface area contributed by atoms with Crippen LogP contribution in [0.4, 0.5) is 5.69 Å². The van der Waals surface area contributed by atoms with Crippen LogP contribution in [-0.4, -0.2) is 15.8 Å². The van der Waals surface area contributed by atoms with Crippen molar-refractivity contribution in [3.8, 4) is 0 Å². The van der Waals surface area contributed by atoms with Gasteiger partial charge in [0.2, 0.25) is 0 Å². The smallest absolute Gasteiger partial charge is 0.288 e. The van der Waals surface area contributed by atoms with Crippen molar-refractivity contribution in [2.24, 2.45) is 5.73 Å². The Hall–Kier alpha value is -2.41. The zero-order chi connectivity index (χ0) is 16.3. The molecule has 0 bridgehead atoms. The zero-order valence-electron chi connectivity index (χ0n) is 12.2. The number of amides is 1. The Balaban J connectivity index is 2.27. The van der Waals surface area contributed by atoms with Crippen LogP contribution in [0.25, 0.3) is 0 Å². The molecule has 0 aliphatic carbocycles. The molecule has 0 aliphatic heterocycles. The van der Waals surface area contributed by atoms with Gasteiger partial charge in [-0.1, -0.05) is 23.8 Å². The lowest BCUT2D eigenvalue weighted by Crippen LogP contribution is -2.13. The van der Waals surface area contributed by atoms with E-state index in [1.54, 1.807) is 0 Å². The summed E-state index contributed by atoms with van der Waals surface area (Å²) in [6.07, 6.45) is 1.14. The van der Waals surface area contributed by atoms with Crippen molar-refractivity contribution in [1.82, 2.24) is 4.98 Å². The molecule has 0 unspecified atom stereocenters. The normalized spacial score (nSPS) is 10.5. The average Bonchev–Trinajstić information content (AvgIpc) is 2.47. The Morgan fingerprint density at radius 1 is 1.36 bits per heavy atom.